The Bertz CT molecular complexity index is 1200. The van der Waals surface area contributed by atoms with Crippen LogP contribution in [0.5, 0.6) is 0 Å². The van der Waals surface area contributed by atoms with Gasteiger partial charge < -0.3 is 15.8 Å². The van der Waals surface area contributed by atoms with Gasteiger partial charge in [0.05, 0.1) is 28.8 Å². The Morgan fingerprint density at radius 2 is 1.93 bits per heavy atom. The molecule has 2 heterocycles. The van der Waals surface area contributed by atoms with Gasteiger partial charge in [0, 0.05) is 5.69 Å². The number of hydrogen-bond acceptors (Lipinski definition) is 7. The Morgan fingerprint density at radius 3 is 2.53 bits per heavy atom. The van der Waals surface area contributed by atoms with Crippen LogP contribution in [0.4, 0.5) is 5.69 Å². The first kappa shape index (κ1) is 21.2. The van der Waals surface area contributed by atoms with E-state index in [-0.39, 0.29) is 16.9 Å². The highest BCUT2D eigenvalue weighted by Crippen LogP contribution is 2.26. The van der Waals surface area contributed by atoms with Crippen molar-refractivity contribution in [1.82, 2.24) is 9.55 Å². The third-order valence-corrected chi connectivity index (χ3v) is 5.77. The van der Waals surface area contributed by atoms with Gasteiger partial charge in [0.25, 0.3) is 11.5 Å². The van der Waals surface area contributed by atoms with Crippen LogP contribution in [-0.4, -0.2) is 33.9 Å². The summed E-state index contributed by atoms with van der Waals surface area (Å²) in [5.41, 5.74) is 6.20. The molecule has 0 aliphatic rings. The topological polar surface area (TPSA) is 133 Å². The number of aryl methyl sites for hydroxylation is 1. The van der Waals surface area contributed by atoms with Gasteiger partial charge in [-0.2, -0.15) is 0 Å². The molecule has 2 amide bonds. The Kier molecular flexibility index (Phi) is 5.97. The summed E-state index contributed by atoms with van der Waals surface area (Å²) in [6.45, 7) is 5.18. The Hall–Kier alpha value is -3.53. The zero-order valence-electron chi connectivity index (χ0n) is 16.6. The number of nitrogens with two attached hydrogens (primary N) is 1. The SMILES string of the molecule is CCOC(=O)c1ccc(NC(=O)C(C)n2cnc3sc(C(N)=O)c(C)c3c2=O)cc1. The van der Waals surface area contributed by atoms with Crippen molar-refractivity contribution in [3.63, 3.8) is 0 Å². The summed E-state index contributed by atoms with van der Waals surface area (Å²) >= 11 is 1.05. The third kappa shape index (κ3) is 3.94. The van der Waals surface area contributed by atoms with Gasteiger partial charge in [0.1, 0.15) is 10.9 Å². The van der Waals surface area contributed by atoms with E-state index in [0.717, 1.165) is 11.3 Å². The first-order chi connectivity index (χ1) is 14.2. The molecule has 9 nitrogen and oxygen atoms in total. The Labute approximate surface area is 175 Å². The fourth-order valence-electron chi connectivity index (χ4n) is 2.93. The fourth-order valence-corrected chi connectivity index (χ4v) is 3.92. The third-order valence-electron chi connectivity index (χ3n) is 4.56. The van der Waals surface area contributed by atoms with Crippen molar-refractivity contribution in [2.45, 2.75) is 26.8 Å². The fraction of sp³-hybridized carbons (Fsp3) is 0.250. The number of carbonyl (C=O) groups excluding carboxylic acids is 3. The van der Waals surface area contributed by atoms with Crippen LogP contribution in [0.1, 0.15) is 45.5 Å². The highest BCUT2D eigenvalue weighted by Gasteiger charge is 2.22. The maximum atomic E-state index is 12.9. The quantitative estimate of drug-likeness (QED) is 0.579. The summed E-state index contributed by atoms with van der Waals surface area (Å²) in [5, 5.41) is 2.97. The van der Waals surface area contributed by atoms with Crippen LogP contribution < -0.4 is 16.6 Å². The largest absolute Gasteiger partial charge is 0.462 e. The molecule has 3 N–H and O–H groups in total. The van der Waals surface area contributed by atoms with Gasteiger partial charge in [-0.3, -0.25) is 19.0 Å². The minimum absolute atomic E-state index is 0.270. The smallest absolute Gasteiger partial charge is 0.338 e. The number of thiophene rings is 1. The summed E-state index contributed by atoms with van der Waals surface area (Å²) < 4.78 is 6.12. The van der Waals surface area contributed by atoms with Gasteiger partial charge in [-0.25, -0.2) is 9.78 Å². The second-order valence-electron chi connectivity index (χ2n) is 6.52. The normalized spacial score (nSPS) is 11.8. The second kappa shape index (κ2) is 8.46. The number of hydrogen-bond donors (Lipinski definition) is 2. The molecule has 1 atom stereocenters. The molecule has 0 saturated carbocycles. The van der Waals surface area contributed by atoms with E-state index in [4.69, 9.17) is 10.5 Å². The van der Waals surface area contributed by atoms with Crippen LogP contribution in [0.25, 0.3) is 10.2 Å². The average Bonchev–Trinajstić information content (AvgIpc) is 3.06. The molecule has 0 aliphatic carbocycles. The summed E-state index contributed by atoms with van der Waals surface area (Å²) in [6.07, 6.45) is 1.28. The van der Waals surface area contributed by atoms with E-state index in [1.807, 2.05) is 0 Å². The summed E-state index contributed by atoms with van der Waals surface area (Å²) in [7, 11) is 0. The molecular weight excluding hydrogens is 408 g/mol. The van der Waals surface area contributed by atoms with Gasteiger partial charge in [-0.15, -0.1) is 11.3 Å². The predicted octanol–water partition coefficient (Wildman–Crippen LogP) is 2.24. The van der Waals surface area contributed by atoms with Crippen LogP contribution >= 0.6 is 11.3 Å². The van der Waals surface area contributed by atoms with Crippen molar-refractivity contribution >= 4 is 45.0 Å². The number of rotatable bonds is 6. The van der Waals surface area contributed by atoms with Crippen molar-refractivity contribution in [3.05, 3.63) is 57.0 Å². The molecular formula is C20H20N4O5S. The summed E-state index contributed by atoms with van der Waals surface area (Å²) in [6, 6.07) is 5.36. The van der Waals surface area contributed by atoms with E-state index in [0.29, 0.717) is 21.6 Å². The molecule has 0 spiro atoms. The van der Waals surface area contributed by atoms with Crippen molar-refractivity contribution < 1.29 is 19.1 Å². The molecule has 0 saturated heterocycles. The lowest BCUT2D eigenvalue weighted by Crippen LogP contribution is -2.31. The minimum atomic E-state index is -0.865. The predicted molar refractivity (Wildman–Crippen MR) is 113 cm³/mol. The number of benzene rings is 1. The van der Waals surface area contributed by atoms with Gasteiger partial charge >= 0.3 is 5.97 Å². The minimum Gasteiger partial charge on any atom is -0.462 e. The number of aromatic nitrogens is 2. The van der Waals surface area contributed by atoms with Crippen molar-refractivity contribution in [2.24, 2.45) is 5.73 Å². The van der Waals surface area contributed by atoms with Crippen LogP contribution in [0, 0.1) is 6.92 Å². The van der Waals surface area contributed by atoms with E-state index in [1.54, 1.807) is 32.9 Å². The standard InChI is InChI=1S/C20H20N4O5S/c1-4-29-20(28)12-5-7-13(8-6-12)23-17(26)11(3)24-9-22-18-14(19(24)27)10(2)15(30-18)16(21)25/h5-9,11H,4H2,1-3H3,(H2,21,25)(H,23,26). The van der Waals surface area contributed by atoms with Crippen LogP contribution in [-0.2, 0) is 9.53 Å². The van der Waals surface area contributed by atoms with Gasteiger partial charge in [-0.05, 0) is 50.6 Å². The van der Waals surface area contributed by atoms with E-state index >= 15 is 0 Å². The average molecular weight is 428 g/mol. The molecule has 1 unspecified atom stereocenters. The lowest BCUT2D eigenvalue weighted by atomic mass is 10.2. The summed E-state index contributed by atoms with van der Waals surface area (Å²) in [4.78, 5) is 53.7. The van der Waals surface area contributed by atoms with Crippen LogP contribution in [0.3, 0.4) is 0 Å². The van der Waals surface area contributed by atoms with Gasteiger partial charge in [0.2, 0.25) is 5.91 Å². The van der Waals surface area contributed by atoms with E-state index < -0.39 is 29.4 Å². The van der Waals surface area contributed by atoms with Crippen molar-refractivity contribution in [2.75, 3.05) is 11.9 Å². The molecule has 2 aromatic heterocycles. The Balaban J connectivity index is 1.84. The molecule has 156 valence electrons. The molecule has 1 aromatic carbocycles. The highest BCUT2D eigenvalue weighted by molar-refractivity contribution is 7.20. The molecule has 10 heteroatoms. The van der Waals surface area contributed by atoms with E-state index in [9.17, 15) is 19.2 Å². The lowest BCUT2D eigenvalue weighted by molar-refractivity contribution is -0.118. The van der Waals surface area contributed by atoms with Crippen molar-refractivity contribution in [3.8, 4) is 0 Å². The number of ether oxygens (including phenoxy) is 1. The number of nitrogens with zero attached hydrogens (tertiary/aromatic N) is 2. The molecule has 0 radical (unpaired) electrons. The van der Waals surface area contributed by atoms with E-state index in [2.05, 4.69) is 10.3 Å². The van der Waals surface area contributed by atoms with Crippen molar-refractivity contribution in [1.29, 1.82) is 0 Å². The highest BCUT2D eigenvalue weighted by atomic mass is 32.1. The Morgan fingerprint density at radius 1 is 1.27 bits per heavy atom. The maximum absolute atomic E-state index is 12.9. The zero-order chi connectivity index (χ0) is 22.0. The van der Waals surface area contributed by atoms with Crippen LogP contribution in [0.2, 0.25) is 0 Å². The van der Waals surface area contributed by atoms with E-state index in [1.165, 1.54) is 23.0 Å². The zero-order valence-corrected chi connectivity index (χ0v) is 17.4. The number of anilines is 1. The molecule has 0 aliphatic heterocycles. The first-order valence-corrected chi connectivity index (χ1v) is 9.94. The summed E-state index contributed by atoms with van der Waals surface area (Å²) in [5.74, 6) is -1.51. The van der Waals surface area contributed by atoms with Gasteiger partial charge in [0.15, 0.2) is 0 Å². The number of primary amides is 1. The maximum Gasteiger partial charge on any atom is 0.338 e. The molecule has 0 bridgehead atoms. The van der Waals surface area contributed by atoms with Gasteiger partial charge in [-0.1, -0.05) is 0 Å². The number of fused-ring (bicyclic) bond motifs is 1. The molecule has 3 aromatic rings. The first-order valence-electron chi connectivity index (χ1n) is 9.12. The number of amides is 2. The molecule has 3 rings (SSSR count). The molecule has 30 heavy (non-hydrogen) atoms. The molecule has 0 fully saturated rings. The monoisotopic (exact) mass is 428 g/mol. The van der Waals surface area contributed by atoms with Crippen LogP contribution in [0.15, 0.2) is 35.4 Å². The number of nitrogens with one attached hydrogen (secondary N) is 1. The lowest BCUT2D eigenvalue weighted by Gasteiger charge is -2.15. The second-order valence-corrected chi connectivity index (χ2v) is 7.52. The number of carbonyl (C=O) groups is 3. The number of esters is 1.